The number of ether oxygens (including phenoxy) is 1. The number of aliphatic hydroxyl groups is 1. The Morgan fingerprint density at radius 3 is 2.55 bits per heavy atom. The molecular formula is C21H27N5O3. The number of methoxy groups -OCH3 is 1. The van der Waals surface area contributed by atoms with Crippen molar-refractivity contribution in [3.63, 3.8) is 0 Å². The lowest BCUT2D eigenvalue weighted by molar-refractivity contribution is -0.118. The summed E-state index contributed by atoms with van der Waals surface area (Å²) in [6.07, 6.45) is 7.26. The zero-order valence-electron chi connectivity index (χ0n) is 17.1. The average Bonchev–Trinajstić information content (AvgIpc) is 2.73. The number of carbonyl (C=O) groups excluding carboxylic acids is 1. The normalized spacial score (nSPS) is 22.2. The number of carbonyl (C=O) groups is 1. The zero-order valence-corrected chi connectivity index (χ0v) is 17.1. The Balaban J connectivity index is 1.64. The quantitative estimate of drug-likeness (QED) is 0.758. The molecule has 0 bridgehead atoms. The van der Waals surface area contributed by atoms with Crippen LogP contribution in [-0.2, 0) is 15.1 Å². The molecule has 2 N–H and O–H groups in total. The minimum absolute atomic E-state index is 0.0142. The summed E-state index contributed by atoms with van der Waals surface area (Å²) < 4.78 is 5.47. The molecule has 29 heavy (non-hydrogen) atoms. The summed E-state index contributed by atoms with van der Waals surface area (Å²) in [5.74, 6) is 1.22. The van der Waals surface area contributed by atoms with Gasteiger partial charge in [-0.3, -0.25) is 14.7 Å². The summed E-state index contributed by atoms with van der Waals surface area (Å²) in [5, 5.41) is 13.2. The van der Waals surface area contributed by atoms with E-state index in [1.807, 2.05) is 11.0 Å². The van der Waals surface area contributed by atoms with E-state index in [9.17, 15) is 9.90 Å². The van der Waals surface area contributed by atoms with Crippen molar-refractivity contribution < 1.29 is 14.6 Å². The highest BCUT2D eigenvalue weighted by Gasteiger charge is 2.35. The van der Waals surface area contributed by atoms with Gasteiger partial charge in [-0.1, -0.05) is 0 Å². The summed E-state index contributed by atoms with van der Waals surface area (Å²) >= 11 is 0. The number of nitrogens with one attached hydrogen (secondary N) is 1. The molecule has 0 radical (unpaired) electrons. The van der Waals surface area contributed by atoms with Crippen LogP contribution in [0.1, 0.15) is 45.2 Å². The van der Waals surface area contributed by atoms with Crippen LogP contribution < -0.4 is 10.2 Å². The van der Waals surface area contributed by atoms with Crippen LogP contribution >= 0.6 is 0 Å². The fourth-order valence-electron chi connectivity index (χ4n) is 4.00. The summed E-state index contributed by atoms with van der Waals surface area (Å²) in [5.41, 5.74) is 1.01. The van der Waals surface area contributed by atoms with Crippen molar-refractivity contribution in [3.05, 3.63) is 30.2 Å². The van der Waals surface area contributed by atoms with Crippen molar-refractivity contribution in [3.8, 4) is 11.3 Å². The highest BCUT2D eigenvalue weighted by molar-refractivity contribution is 6.01. The molecule has 2 aromatic rings. The second-order valence-electron chi connectivity index (χ2n) is 8.20. The third-order valence-corrected chi connectivity index (χ3v) is 5.69. The lowest BCUT2D eigenvalue weighted by atomic mass is 9.92. The van der Waals surface area contributed by atoms with Gasteiger partial charge in [-0.05, 0) is 51.7 Å². The molecule has 4 rings (SSSR count). The standard InChI is InChI=1S/C21H27N5O3/c1-21(2,28)17-9-4-13(10-22-17)16-11-23-19-20(25-16)26(18(27)12-24-19)14-5-7-15(29-3)8-6-14/h4,9-11,14-15,28H,5-8,12H2,1-3H3,(H,23,24)/i1+1,2+1,12+1,18+1,21+1. The van der Waals surface area contributed by atoms with Crippen LogP contribution in [0, 0.1) is 0 Å². The molecule has 1 fully saturated rings. The largest absolute Gasteiger partial charge is 0.384 e. The van der Waals surface area contributed by atoms with E-state index in [1.165, 1.54) is 0 Å². The molecule has 0 atom stereocenters. The lowest BCUT2D eigenvalue weighted by Crippen LogP contribution is -2.49. The van der Waals surface area contributed by atoms with Gasteiger partial charge in [0, 0.05) is 24.9 Å². The topological polar surface area (TPSA) is 100 Å². The molecule has 2 aromatic heterocycles. The Labute approximate surface area is 170 Å². The van der Waals surface area contributed by atoms with Crippen molar-refractivity contribution in [2.45, 2.75) is 57.3 Å². The Bertz CT molecular complexity index is 886. The number of nitrogens with zero attached hydrogens (tertiary/aromatic N) is 4. The molecular weight excluding hydrogens is 375 g/mol. The number of fused-ring (bicyclic) bond motifs is 1. The van der Waals surface area contributed by atoms with Crippen molar-refractivity contribution >= 4 is 17.5 Å². The van der Waals surface area contributed by atoms with E-state index in [2.05, 4.69) is 15.3 Å². The van der Waals surface area contributed by atoms with Gasteiger partial charge in [0.1, 0.15) is 5.60 Å². The van der Waals surface area contributed by atoms with E-state index in [1.54, 1.807) is 39.4 Å². The van der Waals surface area contributed by atoms with Gasteiger partial charge in [-0.15, -0.1) is 0 Å². The van der Waals surface area contributed by atoms with E-state index in [4.69, 9.17) is 9.72 Å². The Morgan fingerprint density at radius 1 is 1.17 bits per heavy atom. The van der Waals surface area contributed by atoms with Gasteiger partial charge < -0.3 is 15.2 Å². The minimum Gasteiger partial charge on any atom is -0.384 e. The Morgan fingerprint density at radius 2 is 1.93 bits per heavy atom. The first kappa shape index (κ1) is 19.7. The average molecular weight is 402 g/mol. The number of hydrogen-bond donors (Lipinski definition) is 2. The maximum Gasteiger partial charge on any atom is 0.247 e. The van der Waals surface area contributed by atoms with Crippen molar-refractivity contribution in [2.24, 2.45) is 0 Å². The van der Waals surface area contributed by atoms with Gasteiger partial charge in [0.25, 0.3) is 0 Å². The molecule has 2 aliphatic rings. The van der Waals surface area contributed by atoms with E-state index in [-0.39, 0.29) is 24.6 Å². The number of rotatable bonds is 4. The van der Waals surface area contributed by atoms with Gasteiger partial charge in [-0.25, -0.2) is 9.97 Å². The Hall–Kier alpha value is -2.58. The second kappa shape index (κ2) is 7.68. The van der Waals surface area contributed by atoms with Crippen molar-refractivity contribution in [1.29, 1.82) is 0 Å². The predicted molar refractivity (Wildman–Crippen MR) is 110 cm³/mol. The maximum atomic E-state index is 12.7. The van der Waals surface area contributed by atoms with Crippen molar-refractivity contribution in [1.82, 2.24) is 15.0 Å². The molecule has 8 nitrogen and oxygen atoms in total. The molecule has 1 saturated carbocycles. The molecule has 1 aliphatic carbocycles. The van der Waals surface area contributed by atoms with Gasteiger partial charge in [0.05, 0.1) is 30.2 Å². The molecule has 1 aliphatic heterocycles. The highest BCUT2D eigenvalue weighted by Crippen LogP contribution is 2.34. The van der Waals surface area contributed by atoms with Crippen LogP contribution in [0.3, 0.4) is 0 Å². The van der Waals surface area contributed by atoms with Crippen molar-refractivity contribution in [2.75, 3.05) is 23.9 Å². The first-order valence-corrected chi connectivity index (χ1v) is 10.0. The van der Waals surface area contributed by atoms with Crippen LogP contribution in [-0.4, -0.2) is 51.8 Å². The fraction of sp³-hybridized carbons (Fsp3) is 0.524. The van der Waals surface area contributed by atoms with Gasteiger partial charge >= 0.3 is 0 Å². The molecule has 0 saturated heterocycles. The number of anilines is 2. The third kappa shape index (κ3) is 3.95. The number of aromatic nitrogens is 3. The first-order valence-electron chi connectivity index (χ1n) is 10.0. The monoisotopic (exact) mass is 402 g/mol. The lowest BCUT2D eigenvalue weighted by Gasteiger charge is -2.38. The van der Waals surface area contributed by atoms with Gasteiger partial charge in [0.2, 0.25) is 5.91 Å². The number of hydrogen-bond acceptors (Lipinski definition) is 7. The first-order chi connectivity index (χ1) is 13.9. The van der Waals surface area contributed by atoms with Crippen LogP contribution in [0.5, 0.6) is 0 Å². The Kier molecular flexibility index (Phi) is 5.23. The predicted octanol–water partition coefficient (Wildman–Crippen LogP) is 2.48. The third-order valence-electron chi connectivity index (χ3n) is 5.69. The van der Waals surface area contributed by atoms with Gasteiger partial charge in [-0.2, -0.15) is 0 Å². The smallest absolute Gasteiger partial charge is 0.247 e. The van der Waals surface area contributed by atoms with E-state index < -0.39 is 5.60 Å². The molecule has 1 amide bonds. The molecule has 0 spiro atoms. The number of amides is 1. The zero-order chi connectivity index (χ0) is 20.6. The van der Waals surface area contributed by atoms with E-state index in [0.717, 1.165) is 31.2 Å². The molecule has 154 valence electrons. The van der Waals surface area contributed by atoms with Crippen LogP contribution in [0.2, 0.25) is 0 Å². The fourth-order valence-corrected chi connectivity index (χ4v) is 4.00. The molecule has 0 unspecified atom stereocenters. The minimum atomic E-state index is -1.01. The summed E-state index contributed by atoms with van der Waals surface area (Å²) in [6, 6.07) is 3.75. The van der Waals surface area contributed by atoms with E-state index in [0.29, 0.717) is 23.0 Å². The number of pyridine rings is 1. The van der Waals surface area contributed by atoms with E-state index >= 15 is 0 Å². The van der Waals surface area contributed by atoms with Crippen LogP contribution in [0.25, 0.3) is 11.3 Å². The molecule has 0 aromatic carbocycles. The highest BCUT2D eigenvalue weighted by atomic mass is 16.5. The maximum absolute atomic E-state index is 12.7. The summed E-state index contributed by atoms with van der Waals surface area (Å²) in [7, 11) is 1.74. The van der Waals surface area contributed by atoms with Crippen LogP contribution in [0.4, 0.5) is 11.6 Å². The van der Waals surface area contributed by atoms with Gasteiger partial charge in [0.15, 0.2) is 11.6 Å². The summed E-state index contributed by atoms with van der Waals surface area (Å²) in [4.78, 5) is 28.2. The second-order valence-corrected chi connectivity index (χ2v) is 8.20. The molecule has 3 heterocycles. The van der Waals surface area contributed by atoms with Crippen LogP contribution in [0.15, 0.2) is 24.5 Å². The molecule has 8 heteroatoms. The summed E-state index contributed by atoms with van der Waals surface area (Å²) in [6.45, 7) is 3.62. The SMILES string of the molecule is COC1CCC(N2c3nc(-c4ccc([13C]([13CH3])([13CH3])O)nc4)cnc3N[13CH2][13C]2=O)CC1.